The average molecular weight is 1710 g/mol. The molecule has 31 nitrogen and oxygen atoms in total. The number of nitrogens with zero attached hydrogens (tertiary/aromatic N) is 6. The Morgan fingerprint density at radius 2 is 0.821 bits per heavy atom. The molecular formula is C92H126N8O23. The number of hydrogen-bond donors (Lipinski definition) is 13. The number of methoxy groups -OCH3 is 2. The van der Waals surface area contributed by atoms with Crippen LogP contribution in [0.5, 0.6) is 46.0 Å². The molecule has 0 unspecified atom stereocenters. The van der Waals surface area contributed by atoms with E-state index in [-0.39, 0.29) is 88.9 Å². The van der Waals surface area contributed by atoms with Crippen LogP contribution in [0.2, 0.25) is 0 Å². The lowest BCUT2D eigenvalue weighted by molar-refractivity contribution is -0.160. The molecule has 13 N–H and O–H groups in total. The molecule has 0 aromatic heterocycles. The fraction of sp³-hybridized carbons (Fsp3) is 0.576. The first kappa shape index (κ1) is 93.9. The number of allylic oxidation sites excluding steroid dienone is 4. The van der Waals surface area contributed by atoms with Crippen LogP contribution in [-0.2, 0) is 38.1 Å². The maximum Gasteiger partial charge on any atom is 0.312 e. The van der Waals surface area contributed by atoms with Crippen molar-refractivity contribution in [1.29, 1.82) is 0 Å². The lowest BCUT2D eigenvalue weighted by atomic mass is 9.78. The van der Waals surface area contributed by atoms with E-state index in [9.17, 15) is 80.1 Å². The summed E-state index contributed by atoms with van der Waals surface area (Å²) in [5.41, 5.74) is -0.525. The number of hydrazone groups is 2. The Kier molecular flexibility index (Phi) is 29.9. The van der Waals surface area contributed by atoms with Crippen molar-refractivity contribution in [3.05, 3.63) is 106 Å². The predicted octanol–water partition coefficient (Wildman–Crippen LogP) is 10.7. The fourth-order valence-corrected chi connectivity index (χ4v) is 18.6. The van der Waals surface area contributed by atoms with E-state index >= 15 is 0 Å². The molecule has 10 aliphatic rings. The number of phenols is 6. The third-order valence-electron chi connectivity index (χ3n) is 26.8. The quantitative estimate of drug-likeness (QED) is 0.0320. The molecule has 0 radical (unpaired) electrons. The number of rotatable bonds is 9. The second kappa shape index (κ2) is 39.2. The number of aliphatic hydroxyl groups excluding tert-OH is 5. The van der Waals surface area contributed by atoms with Crippen LogP contribution < -0.4 is 20.1 Å². The lowest BCUT2D eigenvalue weighted by Crippen LogP contribution is -2.47. The molecule has 123 heavy (non-hydrogen) atoms. The SMILES string of the molecule is CO[C@H]1/C=C/O[C@@]2(C)Oc3c(C)c(O)c4c(O)c(c(/C=N\N5CCN(C6CCCC6)CC5)c(O)c4c3C2=O)NC(=O)/C(C)=C\C=C\[C@@H](C)[C@H](O)[C@@H](C)[C@H](O)[C@@H](C)[C@H](O)[C@@H]1C.CO[C@H]1/C=C/O[C@@]2(C)Oc3c(C)c(O)c4c(O)c(c(/C=N\N5CCN(C6CCCC6)CC5)c(O)c4c3C2=O)NC(=O)/C(C)=C\C=C\[C@@H](C)[C@H](O)[C@@H](C)[C@H](O)[C@@H](C)[C@H](OC(C)=O)[C@@H]1C. The highest BCUT2D eigenvalue weighted by atomic mass is 16.7. The number of Topliss-reactive ketones (excluding diaryl/α,β-unsaturated/α-hetero) is 2. The third kappa shape index (κ3) is 19.2. The second-order valence-electron chi connectivity index (χ2n) is 35.0. The molecule has 2 saturated carbocycles. The van der Waals surface area contributed by atoms with Gasteiger partial charge in [-0.25, -0.2) is 0 Å². The smallest absolute Gasteiger partial charge is 0.312 e. The summed E-state index contributed by atoms with van der Waals surface area (Å²) in [5, 5.41) is 146. The number of hydrogen-bond acceptors (Lipinski definition) is 29. The lowest BCUT2D eigenvalue weighted by Gasteiger charge is -2.38. The first-order valence-corrected chi connectivity index (χ1v) is 42.9. The molecule has 31 heteroatoms. The van der Waals surface area contributed by atoms with E-state index < -0.39 is 172 Å². The minimum Gasteiger partial charge on any atom is -0.507 e. The van der Waals surface area contributed by atoms with Crippen LogP contribution in [0.25, 0.3) is 21.5 Å². The Bertz CT molecular complexity index is 4860. The van der Waals surface area contributed by atoms with Crippen molar-refractivity contribution in [2.45, 2.75) is 228 Å². The molecule has 4 aromatic carbocycles. The van der Waals surface area contributed by atoms with E-state index in [0.29, 0.717) is 38.3 Å². The highest BCUT2D eigenvalue weighted by molar-refractivity contribution is 6.25. The van der Waals surface area contributed by atoms with Gasteiger partial charge in [-0.15, -0.1) is 0 Å². The zero-order valence-electron chi connectivity index (χ0n) is 73.6. The Morgan fingerprint density at radius 1 is 0.472 bits per heavy atom. The van der Waals surface area contributed by atoms with Crippen LogP contribution >= 0.6 is 0 Å². The van der Waals surface area contributed by atoms with Crippen molar-refractivity contribution in [3.63, 3.8) is 0 Å². The number of anilines is 2. The third-order valence-corrected chi connectivity index (χ3v) is 26.8. The standard InChI is InChI=1S/C47H64N4O12.C45H62N4O11/c1-24-13-12-14-25(2)46(59)49-37-32(23-48-51-20-18-50(19-21-51)31-15-10-11-16-31)41(56)34-35(42(37)57)40(55)29(6)44-36(34)45(58)47(8,63-44)61-22-17-33(60-9)26(3)43(62-30(7)52)28(5)39(54)27(4)38(24)53;1-23-12-11-13-24(2)44(57)47-35-30(22-46-49-19-17-48(18-20-49)29-14-9-10-15-29)40(54)32-33(41(35)55)39(53)28(6)42-34(32)43(56)45(7,60-42)59-21-16-31(58-8)25(3)37(51)27(5)38(52)26(4)36(23)50/h12-14,17,22-24,26-28,31,33,38-39,43,53-57H,10-11,15-16,18-21H2,1-9H3,(H,49,59);11-13,16,21-23,25-27,29,31,36-38,50-55H,9-10,14-15,17-20H2,1-8H3,(H,47,57)/b13-12+,22-17+,25-14-,48-23-;12-11+,21-16+,24-13-,46-22-/t24-,26-,27-,28-,33+,38+,39+,43-,47+;23-,25-,26-,27+,31+,36+,37-,38+,45+/m11/s1. The van der Waals surface area contributed by atoms with Crippen molar-refractivity contribution in [3.8, 4) is 46.0 Å². The Labute approximate surface area is 718 Å². The van der Waals surface area contributed by atoms with Gasteiger partial charge < -0.3 is 100.0 Å². The number of carbonyl (C=O) groups is 5. The molecule has 8 heterocycles. The maximum absolute atomic E-state index is 14.5. The summed E-state index contributed by atoms with van der Waals surface area (Å²) >= 11 is 0. The highest BCUT2D eigenvalue weighted by Crippen LogP contribution is 2.58. The summed E-state index contributed by atoms with van der Waals surface area (Å²) in [6.45, 7) is 29.5. The van der Waals surface area contributed by atoms with Crippen molar-refractivity contribution < 1.29 is 113 Å². The van der Waals surface area contributed by atoms with Gasteiger partial charge in [-0.3, -0.25) is 43.8 Å². The number of amides is 2. The number of ether oxygens (including phenoxy) is 7. The molecule has 672 valence electrons. The van der Waals surface area contributed by atoms with Gasteiger partial charge >= 0.3 is 17.5 Å². The normalized spacial score (nSPS) is 32.9. The number of nitrogens with one attached hydrogen (secondary N) is 2. The maximum atomic E-state index is 14.5. The summed E-state index contributed by atoms with van der Waals surface area (Å²) in [6, 6.07) is 1.11. The van der Waals surface area contributed by atoms with Gasteiger partial charge in [-0.2, -0.15) is 10.2 Å². The number of piperazine rings is 2. The van der Waals surface area contributed by atoms with Crippen molar-refractivity contribution in [1.82, 2.24) is 19.8 Å². The molecule has 10 bridgehead atoms. The second-order valence-corrected chi connectivity index (χ2v) is 35.0. The van der Waals surface area contributed by atoms with E-state index in [2.05, 4.69) is 30.6 Å². The van der Waals surface area contributed by atoms with Crippen LogP contribution in [0.1, 0.15) is 184 Å². The molecule has 2 saturated heterocycles. The largest absolute Gasteiger partial charge is 0.507 e. The van der Waals surface area contributed by atoms with Crippen LogP contribution in [0.15, 0.2) is 82.5 Å². The predicted molar refractivity (Wildman–Crippen MR) is 464 cm³/mol. The summed E-state index contributed by atoms with van der Waals surface area (Å²) in [4.78, 5) is 73.9. The minimum atomic E-state index is -2.04. The first-order valence-electron chi connectivity index (χ1n) is 42.9. The van der Waals surface area contributed by atoms with Crippen molar-refractivity contribution >= 4 is 74.7 Å². The van der Waals surface area contributed by atoms with Crippen LogP contribution in [0, 0.1) is 61.2 Å². The van der Waals surface area contributed by atoms with E-state index in [1.807, 2.05) is 10.0 Å². The number of aliphatic hydroxyl groups is 5. The van der Waals surface area contributed by atoms with Crippen LogP contribution in [0.3, 0.4) is 0 Å². The fourth-order valence-electron chi connectivity index (χ4n) is 18.6. The minimum absolute atomic E-state index is 0.0631. The van der Waals surface area contributed by atoms with Gasteiger partial charge in [0.1, 0.15) is 40.6 Å². The van der Waals surface area contributed by atoms with Gasteiger partial charge in [0.2, 0.25) is 0 Å². The number of carbonyl (C=O) groups excluding carboxylic acids is 5. The van der Waals surface area contributed by atoms with E-state index in [0.717, 1.165) is 26.2 Å². The Morgan fingerprint density at radius 3 is 1.19 bits per heavy atom. The first-order chi connectivity index (χ1) is 58.2. The molecular weight excluding hydrogens is 1590 g/mol. The van der Waals surface area contributed by atoms with Gasteiger partial charge in [-0.1, -0.05) is 118 Å². The number of fused-ring (bicyclic) bond motifs is 28. The van der Waals surface area contributed by atoms with E-state index in [1.54, 1.807) is 86.6 Å². The molecule has 14 rings (SSSR count). The van der Waals surface area contributed by atoms with Gasteiger partial charge in [0.05, 0.1) is 112 Å². The zero-order valence-corrected chi connectivity index (χ0v) is 73.6. The number of ketones is 2. The molecule has 0 spiro atoms. The highest BCUT2D eigenvalue weighted by Gasteiger charge is 2.52. The summed E-state index contributed by atoms with van der Waals surface area (Å²) in [7, 11) is 2.89. The molecule has 2 amide bonds. The molecule has 2 aliphatic carbocycles. The van der Waals surface area contributed by atoms with Gasteiger partial charge in [-0.05, 0) is 65.5 Å². The van der Waals surface area contributed by atoms with Gasteiger partial charge in [0.15, 0.2) is 11.5 Å². The molecule has 4 aromatic rings. The van der Waals surface area contributed by atoms with Gasteiger partial charge in [0.25, 0.3) is 23.4 Å². The van der Waals surface area contributed by atoms with Crippen LogP contribution in [-0.4, -0.2) is 257 Å². The van der Waals surface area contributed by atoms with E-state index in [1.165, 1.54) is 156 Å². The number of esters is 1. The number of benzene rings is 4. The van der Waals surface area contributed by atoms with Crippen molar-refractivity contribution in [2.75, 3.05) is 77.2 Å². The topological polar surface area (TPSA) is 434 Å². The van der Waals surface area contributed by atoms with E-state index in [4.69, 9.17) is 33.2 Å². The monoisotopic (exact) mass is 1710 g/mol. The summed E-state index contributed by atoms with van der Waals surface area (Å²) < 4.78 is 41.5. The molecule has 8 aliphatic heterocycles. The average Bonchev–Trinajstić information content (AvgIpc) is 1.60. The Balaban J connectivity index is 0.000000240. The Hall–Kier alpha value is -9.83. The van der Waals surface area contributed by atoms with Crippen molar-refractivity contribution in [2.24, 2.45) is 57.5 Å². The summed E-state index contributed by atoms with van der Waals surface area (Å²) in [5.74, 6) is -15.8. The summed E-state index contributed by atoms with van der Waals surface area (Å²) in [6.07, 6.45) is 19.5. The van der Waals surface area contributed by atoms with Crippen LogP contribution in [0.4, 0.5) is 11.4 Å². The number of aromatic hydroxyl groups is 6. The molecule has 4 fully saturated rings. The molecule has 18 atom stereocenters. The number of phenolic OH excluding ortho intramolecular Hbond substituents is 6. The van der Waals surface area contributed by atoms with Gasteiger partial charge in [0, 0.05) is 180 Å². The zero-order chi connectivity index (χ0) is 89.9.